The van der Waals surface area contributed by atoms with E-state index in [2.05, 4.69) is 27.8 Å². The second kappa shape index (κ2) is 6.25. The third-order valence-electron chi connectivity index (χ3n) is 4.00. The molecule has 0 radical (unpaired) electrons. The third-order valence-corrected chi connectivity index (χ3v) is 4.49. The van der Waals surface area contributed by atoms with Crippen LogP contribution in [0, 0.1) is 0 Å². The summed E-state index contributed by atoms with van der Waals surface area (Å²) in [7, 11) is 1.68. The summed E-state index contributed by atoms with van der Waals surface area (Å²) in [4.78, 5) is 2.38. The first-order valence-corrected chi connectivity index (χ1v) is 7.63. The Morgan fingerprint density at radius 3 is 2.63 bits per heavy atom. The smallest absolute Gasteiger partial charge is 0.122 e. The Hall–Kier alpha value is -0.580. The normalized spacial score (nSPS) is 19.4. The van der Waals surface area contributed by atoms with E-state index >= 15 is 0 Å². The molecule has 2 rings (SSSR count). The summed E-state index contributed by atoms with van der Waals surface area (Å²) in [6, 6.07) is 5.96. The van der Waals surface area contributed by atoms with Gasteiger partial charge in [-0.15, -0.1) is 0 Å². The van der Waals surface area contributed by atoms with Gasteiger partial charge in [0, 0.05) is 24.0 Å². The van der Waals surface area contributed by atoms with Gasteiger partial charge in [0.05, 0.1) is 12.7 Å². The molecule has 1 aliphatic heterocycles. The molecule has 0 bridgehead atoms. The standard InChI is InChI=1S/C15H22BrNO2/c1-3-17-8-6-15(18,7-9-17)11-12-10-13(16)4-5-14(12)19-2/h4-5,10,18H,3,6-9,11H2,1-2H3. The van der Waals surface area contributed by atoms with E-state index in [0.717, 1.165) is 48.3 Å². The largest absolute Gasteiger partial charge is 0.496 e. The van der Waals surface area contributed by atoms with E-state index in [0.29, 0.717) is 6.42 Å². The van der Waals surface area contributed by atoms with Crippen molar-refractivity contribution in [3.05, 3.63) is 28.2 Å². The third kappa shape index (κ3) is 3.71. The van der Waals surface area contributed by atoms with Gasteiger partial charge >= 0.3 is 0 Å². The van der Waals surface area contributed by atoms with Crippen LogP contribution < -0.4 is 4.74 Å². The molecule has 1 aromatic carbocycles. The van der Waals surface area contributed by atoms with Gasteiger partial charge in [-0.3, -0.25) is 0 Å². The zero-order chi connectivity index (χ0) is 13.9. The lowest BCUT2D eigenvalue weighted by Crippen LogP contribution is -2.45. The Morgan fingerprint density at radius 2 is 2.05 bits per heavy atom. The molecular weight excluding hydrogens is 306 g/mol. The van der Waals surface area contributed by atoms with E-state index in [4.69, 9.17) is 4.74 Å². The molecule has 0 spiro atoms. The molecule has 1 aliphatic rings. The Labute approximate surface area is 123 Å². The number of halogens is 1. The molecule has 0 aromatic heterocycles. The minimum atomic E-state index is -0.597. The summed E-state index contributed by atoms with van der Waals surface area (Å²) in [5.41, 5.74) is 0.476. The molecule has 1 N–H and O–H groups in total. The van der Waals surface area contributed by atoms with Crippen molar-refractivity contribution in [2.45, 2.75) is 31.8 Å². The lowest BCUT2D eigenvalue weighted by molar-refractivity contribution is -0.0197. The van der Waals surface area contributed by atoms with Gasteiger partial charge in [0.1, 0.15) is 5.75 Å². The van der Waals surface area contributed by atoms with Crippen molar-refractivity contribution in [3.8, 4) is 5.75 Å². The van der Waals surface area contributed by atoms with Gasteiger partial charge < -0.3 is 14.7 Å². The molecule has 0 aliphatic carbocycles. The minimum absolute atomic E-state index is 0.597. The van der Waals surface area contributed by atoms with Crippen LogP contribution in [0.25, 0.3) is 0 Å². The van der Waals surface area contributed by atoms with E-state index in [1.807, 2.05) is 18.2 Å². The average molecular weight is 328 g/mol. The van der Waals surface area contributed by atoms with Gasteiger partial charge in [-0.05, 0) is 43.1 Å². The second-order valence-electron chi connectivity index (χ2n) is 5.29. The maximum Gasteiger partial charge on any atom is 0.122 e. The van der Waals surface area contributed by atoms with Crippen LogP contribution >= 0.6 is 15.9 Å². The topological polar surface area (TPSA) is 32.7 Å². The quantitative estimate of drug-likeness (QED) is 0.923. The molecule has 19 heavy (non-hydrogen) atoms. The highest BCUT2D eigenvalue weighted by Crippen LogP contribution is 2.31. The Morgan fingerprint density at radius 1 is 1.37 bits per heavy atom. The number of benzene rings is 1. The molecule has 0 amide bonds. The van der Waals surface area contributed by atoms with E-state index in [1.54, 1.807) is 7.11 Å². The highest BCUT2D eigenvalue weighted by molar-refractivity contribution is 9.10. The predicted molar refractivity (Wildman–Crippen MR) is 80.7 cm³/mol. The number of rotatable bonds is 4. The molecule has 1 aromatic rings. The predicted octanol–water partition coefficient (Wildman–Crippen LogP) is 2.85. The number of piperidine rings is 1. The molecule has 0 saturated carbocycles. The summed E-state index contributed by atoms with van der Waals surface area (Å²) in [5, 5.41) is 10.8. The molecule has 1 saturated heterocycles. The average Bonchev–Trinajstić information content (AvgIpc) is 2.39. The van der Waals surface area contributed by atoms with Crippen molar-refractivity contribution in [3.63, 3.8) is 0 Å². The van der Waals surface area contributed by atoms with E-state index in [9.17, 15) is 5.11 Å². The van der Waals surface area contributed by atoms with Crippen LogP contribution in [0.1, 0.15) is 25.3 Å². The maximum atomic E-state index is 10.8. The maximum absolute atomic E-state index is 10.8. The molecule has 4 heteroatoms. The molecule has 1 heterocycles. The van der Waals surface area contributed by atoms with Gasteiger partial charge in [0.2, 0.25) is 0 Å². The van der Waals surface area contributed by atoms with Crippen molar-refractivity contribution in [2.75, 3.05) is 26.7 Å². The first kappa shape index (κ1) is 14.8. The van der Waals surface area contributed by atoms with E-state index < -0.39 is 5.60 Å². The molecule has 106 valence electrons. The fraction of sp³-hybridized carbons (Fsp3) is 0.600. The fourth-order valence-corrected chi connectivity index (χ4v) is 3.11. The van der Waals surface area contributed by atoms with Crippen LogP contribution in [0.5, 0.6) is 5.75 Å². The number of likely N-dealkylation sites (tertiary alicyclic amines) is 1. The summed E-state index contributed by atoms with van der Waals surface area (Å²) in [5.74, 6) is 0.856. The van der Waals surface area contributed by atoms with Gasteiger partial charge in [0.25, 0.3) is 0 Å². The zero-order valence-corrected chi connectivity index (χ0v) is 13.2. The van der Waals surface area contributed by atoms with E-state index in [-0.39, 0.29) is 0 Å². The molecule has 0 atom stereocenters. The Bertz CT molecular complexity index is 428. The highest BCUT2D eigenvalue weighted by Gasteiger charge is 2.32. The van der Waals surface area contributed by atoms with Crippen molar-refractivity contribution < 1.29 is 9.84 Å². The highest BCUT2D eigenvalue weighted by atomic mass is 79.9. The number of aliphatic hydroxyl groups is 1. The monoisotopic (exact) mass is 327 g/mol. The van der Waals surface area contributed by atoms with Crippen LogP contribution in [0.15, 0.2) is 22.7 Å². The van der Waals surface area contributed by atoms with Gasteiger partial charge in [-0.2, -0.15) is 0 Å². The fourth-order valence-electron chi connectivity index (χ4n) is 2.70. The zero-order valence-electron chi connectivity index (χ0n) is 11.7. The van der Waals surface area contributed by atoms with Crippen molar-refractivity contribution in [2.24, 2.45) is 0 Å². The second-order valence-corrected chi connectivity index (χ2v) is 6.21. The van der Waals surface area contributed by atoms with Gasteiger partial charge in [-0.1, -0.05) is 22.9 Å². The lowest BCUT2D eigenvalue weighted by Gasteiger charge is -2.38. The minimum Gasteiger partial charge on any atom is -0.496 e. The summed E-state index contributed by atoms with van der Waals surface area (Å²) < 4.78 is 6.41. The lowest BCUT2D eigenvalue weighted by atomic mass is 9.85. The summed E-state index contributed by atoms with van der Waals surface area (Å²) in [6.07, 6.45) is 2.32. The molecular formula is C15H22BrNO2. The number of ether oxygens (including phenoxy) is 1. The number of methoxy groups -OCH3 is 1. The molecule has 1 fully saturated rings. The number of hydrogen-bond donors (Lipinski definition) is 1. The van der Waals surface area contributed by atoms with Crippen molar-refractivity contribution in [1.82, 2.24) is 4.90 Å². The van der Waals surface area contributed by atoms with E-state index in [1.165, 1.54) is 0 Å². The van der Waals surface area contributed by atoms with Crippen LogP contribution in [0.2, 0.25) is 0 Å². The SMILES string of the molecule is CCN1CCC(O)(Cc2cc(Br)ccc2OC)CC1. The summed E-state index contributed by atoms with van der Waals surface area (Å²) >= 11 is 3.48. The van der Waals surface area contributed by atoms with Crippen LogP contribution in [0.3, 0.4) is 0 Å². The molecule has 0 unspecified atom stereocenters. The Balaban J connectivity index is 2.10. The van der Waals surface area contributed by atoms with Crippen molar-refractivity contribution >= 4 is 15.9 Å². The number of nitrogens with zero attached hydrogens (tertiary/aromatic N) is 1. The van der Waals surface area contributed by atoms with Gasteiger partial charge in [-0.25, -0.2) is 0 Å². The van der Waals surface area contributed by atoms with Crippen molar-refractivity contribution in [1.29, 1.82) is 0 Å². The Kier molecular flexibility index (Phi) is 4.87. The van der Waals surface area contributed by atoms with Crippen LogP contribution in [0.4, 0.5) is 0 Å². The van der Waals surface area contributed by atoms with Crippen LogP contribution in [-0.4, -0.2) is 42.4 Å². The first-order valence-electron chi connectivity index (χ1n) is 6.83. The molecule has 3 nitrogen and oxygen atoms in total. The number of hydrogen-bond acceptors (Lipinski definition) is 3. The summed E-state index contributed by atoms with van der Waals surface area (Å²) in [6.45, 7) is 5.19. The van der Waals surface area contributed by atoms with Crippen LogP contribution in [-0.2, 0) is 6.42 Å². The first-order chi connectivity index (χ1) is 9.06. The van der Waals surface area contributed by atoms with Gasteiger partial charge in [0.15, 0.2) is 0 Å².